The van der Waals surface area contributed by atoms with E-state index in [1.165, 1.54) is 5.56 Å². The number of aromatic nitrogens is 2. The number of aryl methyl sites for hydroxylation is 2. The van der Waals surface area contributed by atoms with Crippen LogP contribution in [0.4, 0.5) is 0 Å². The van der Waals surface area contributed by atoms with Crippen molar-refractivity contribution >= 4 is 17.6 Å². The van der Waals surface area contributed by atoms with Crippen LogP contribution >= 0.6 is 11.6 Å². The van der Waals surface area contributed by atoms with E-state index in [-0.39, 0.29) is 0 Å². The van der Waals surface area contributed by atoms with Crippen LogP contribution in [0.1, 0.15) is 27.3 Å². The van der Waals surface area contributed by atoms with Gasteiger partial charge in [-0.05, 0) is 41.8 Å². The van der Waals surface area contributed by atoms with Gasteiger partial charge in [0.25, 0.3) is 0 Å². The van der Waals surface area contributed by atoms with Gasteiger partial charge in [0, 0.05) is 30.4 Å². The van der Waals surface area contributed by atoms with Crippen molar-refractivity contribution in [2.24, 2.45) is 0 Å². The van der Waals surface area contributed by atoms with Gasteiger partial charge < -0.3 is 9.67 Å². The Morgan fingerprint density at radius 3 is 2.33 bits per heavy atom. The lowest BCUT2D eigenvalue weighted by molar-refractivity contribution is 0.0697. The van der Waals surface area contributed by atoms with E-state index in [4.69, 9.17) is 16.7 Å². The molecule has 0 bridgehead atoms. The summed E-state index contributed by atoms with van der Waals surface area (Å²) in [6.45, 7) is 0.676. The molecule has 0 aliphatic heterocycles. The molecule has 0 radical (unpaired) electrons. The molecular formula is C19H17ClN2O2. The molecular weight excluding hydrogens is 324 g/mol. The number of aromatic carboxylic acids is 1. The fourth-order valence-electron chi connectivity index (χ4n) is 2.57. The third-order valence-electron chi connectivity index (χ3n) is 3.91. The topological polar surface area (TPSA) is 55.1 Å². The maximum absolute atomic E-state index is 10.9. The highest BCUT2D eigenvalue weighted by Crippen LogP contribution is 2.13. The minimum absolute atomic E-state index is 0.298. The number of hydrogen-bond donors (Lipinski definition) is 1. The van der Waals surface area contributed by atoms with Crippen molar-refractivity contribution in [1.29, 1.82) is 0 Å². The van der Waals surface area contributed by atoms with E-state index in [1.807, 2.05) is 42.6 Å². The Morgan fingerprint density at radius 1 is 1.00 bits per heavy atom. The number of hydrogen-bond acceptors (Lipinski definition) is 2. The number of carbonyl (C=O) groups is 1. The first kappa shape index (κ1) is 16.3. The molecule has 0 atom stereocenters. The molecule has 1 heterocycles. The average Bonchev–Trinajstić information content (AvgIpc) is 3.02. The van der Waals surface area contributed by atoms with Gasteiger partial charge in [-0.3, -0.25) is 0 Å². The predicted molar refractivity (Wildman–Crippen MR) is 93.6 cm³/mol. The largest absolute Gasteiger partial charge is 0.478 e. The quantitative estimate of drug-likeness (QED) is 0.736. The number of imidazole rings is 1. The predicted octanol–water partition coefficient (Wildman–Crippen LogP) is 4.07. The van der Waals surface area contributed by atoms with Crippen LogP contribution < -0.4 is 0 Å². The highest BCUT2D eigenvalue weighted by Gasteiger charge is 2.06. The molecule has 0 fully saturated rings. The first-order chi connectivity index (χ1) is 11.6. The number of halogens is 1. The summed E-state index contributed by atoms with van der Waals surface area (Å²) in [4.78, 5) is 15.3. The summed E-state index contributed by atoms with van der Waals surface area (Å²) in [6.07, 6.45) is 5.47. The Bertz CT molecular complexity index is 823. The zero-order valence-corrected chi connectivity index (χ0v) is 13.8. The Hall–Kier alpha value is -2.59. The summed E-state index contributed by atoms with van der Waals surface area (Å²) in [6, 6.07) is 14.8. The van der Waals surface area contributed by atoms with Gasteiger partial charge in [-0.1, -0.05) is 35.9 Å². The summed E-state index contributed by atoms with van der Waals surface area (Å²) in [5.41, 5.74) is 2.57. The van der Waals surface area contributed by atoms with Crippen molar-refractivity contribution in [3.8, 4) is 0 Å². The van der Waals surface area contributed by atoms with Crippen LogP contribution in [0.3, 0.4) is 0 Å². The summed E-state index contributed by atoms with van der Waals surface area (Å²) in [5, 5.41) is 9.69. The lowest BCUT2D eigenvalue weighted by Crippen LogP contribution is -2.06. The minimum atomic E-state index is -0.909. The Balaban J connectivity index is 1.66. The maximum Gasteiger partial charge on any atom is 0.335 e. The van der Waals surface area contributed by atoms with Crippen LogP contribution in [0.15, 0.2) is 60.9 Å². The standard InChI is InChI=1S/C19H17ClN2O2/c20-17-8-3-14(4-9-17)5-10-18-21-11-12-22(18)13-15-1-6-16(7-2-15)19(23)24/h1-4,6-9,11-12H,5,10,13H2,(H,23,24). The lowest BCUT2D eigenvalue weighted by atomic mass is 10.1. The molecule has 0 aliphatic carbocycles. The van der Waals surface area contributed by atoms with Crippen LogP contribution in [0, 0.1) is 0 Å². The maximum atomic E-state index is 10.9. The highest BCUT2D eigenvalue weighted by molar-refractivity contribution is 6.30. The molecule has 1 aromatic heterocycles. The molecule has 3 aromatic rings. The van der Waals surface area contributed by atoms with Gasteiger partial charge in [-0.15, -0.1) is 0 Å². The molecule has 1 N–H and O–H groups in total. The Labute approximate surface area is 145 Å². The van der Waals surface area contributed by atoms with Crippen LogP contribution in [-0.2, 0) is 19.4 Å². The number of carboxylic acid groups (broad SMARTS) is 1. The highest BCUT2D eigenvalue weighted by atomic mass is 35.5. The molecule has 0 aliphatic rings. The van der Waals surface area contributed by atoms with Gasteiger partial charge >= 0.3 is 5.97 Å². The van der Waals surface area contributed by atoms with E-state index in [0.717, 1.165) is 29.3 Å². The molecule has 24 heavy (non-hydrogen) atoms. The third kappa shape index (κ3) is 4.03. The number of benzene rings is 2. The Kier molecular flexibility index (Phi) is 4.96. The summed E-state index contributed by atoms with van der Waals surface area (Å²) < 4.78 is 2.09. The van der Waals surface area contributed by atoms with Crippen LogP contribution in [0.2, 0.25) is 5.02 Å². The second kappa shape index (κ2) is 7.32. The van der Waals surface area contributed by atoms with E-state index in [9.17, 15) is 4.79 Å². The van der Waals surface area contributed by atoms with Crippen molar-refractivity contribution in [2.45, 2.75) is 19.4 Å². The average molecular weight is 341 g/mol. The molecule has 0 saturated carbocycles. The van der Waals surface area contributed by atoms with Crippen LogP contribution in [0.5, 0.6) is 0 Å². The zero-order chi connectivity index (χ0) is 16.9. The molecule has 122 valence electrons. The molecule has 0 spiro atoms. The van der Waals surface area contributed by atoms with E-state index in [2.05, 4.69) is 9.55 Å². The molecule has 0 saturated heterocycles. The van der Waals surface area contributed by atoms with Gasteiger partial charge in [-0.25, -0.2) is 9.78 Å². The van der Waals surface area contributed by atoms with Crippen LogP contribution in [-0.4, -0.2) is 20.6 Å². The minimum Gasteiger partial charge on any atom is -0.478 e. The molecule has 4 nitrogen and oxygen atoms in total. The number of nitrogens with zero attached hydrogens (tertiary/aromatic N) is 2. The third-order valence-corrected chi connectivity index (χ3v) is 4.16. The molecule has 2 aromatic carbocycles. The van der Waals surface area contributed by atoms with E-state index < -0.39 is 5.97 Å². The van der Waals surface area contributed by atoms with Crippen molar-refractivity contribution in [1.82, 2.24) is 9.55 Å². The van der Waals surface area contributed by atoms with E-state index >= 15 is 0 Å². The molecule has 3 rings (SSSR count). The zero-order valence-electron chi connectivity index (χ0n) is 13.0. The van der Waals surface area contributed by atoms with Gasteiger partial charge in [0.15, 0.2) is 0 Å². The van der Waals surface area contributed by atoms with E-state index in [1.54, 1.807) is 18.3 Å². The monoisotopic (exact) mass is 340 g/mol. The van der Waals surface area contributed by atoms with Gasteiger partial charge in [0.1, 0.15) is 5.82 Å². The summed E-state index contributed by atoms with van der Waals surface area (Å²) >= 11 is 5.90. The van der Waals surface area contributed by atoms with Crippen LogP contribution in [0.25, 0.3) is 0 Å². The molecule has 0 amide bonds. The lowest BCUT2D eigenvalue weighted by Gasteiger charge is -2.09. The van der Waals surface area contributed by atoms with Gasteiger partial charge in [0.05, 0.1) is 5.56 Å². The van der Waals surface area contributed by atoms with E-state index in [0.29, 0.717) is 12.1 Å². The summed E-state index contributed by atoms with van der Waals surface area (Å²) in [7, 11) is 0. The van der Waals surface area contributed by atoms with Crippen molar-refractivity contribution in [3.05, 3.63) is 88.5 Å². The number of rotatable bonds is 6. The van der Waals surface area contributed by atoms with Crippen molar-refractivity contribution < 1.29 is 9.90 Å². The summed E-state index contributed by atoms with van der Waals surface area (Å²) in [5.74, 6) is 0.0973. The molecule has 0 unspecified atom stereocenters. The van der Waals surface area contributed by atoms with Crippen molar-refractivity contribution in [2.75, 3.05) is 0 Å². The smallest absolute Gasteiger partial charge is 0.335 e. The van der Waals surface area contributed by atoms with Gasteiger partial charge in [0.2, 0.25) is 0 Å². The first-order valence-electron chi connectivity index (χ1n) is 7.68. The normalized spacial score (nSPS) is 10.7. The van der Waals surface area contributed by atoms with Gasteiger partial charge in [-0.2, -0.15) is 0 Å². The second-order valence-corrected chi connectivity index (χ2v) is 6.04. The Morgan fingerprint density at radius 2 is 1.67 bits per heavy atom. The fourth-order valence-corrected chi connectivity index (χ4v) is 2.69. The fraction of sp³-hybridized carbons (Fsp3) is 0.158. The SMILES string of the molecule is O=C(O)c1ccc(Cn2ccnc2CCc2ccc(Cl)cc2)cc1. The first-order valence-corrected chi connectivity index (χ1v) is 8.06. The number of carboxylic acids is 1. The molecule has 5 heteroatoms. The van der Waals surface area contributed by atoms with Crippen molar-refractivity contribution in [3.63, 3.8) is 0 Å². The second-order valence-electron chi connectivity index (χ2n) is 5.60.